The van der Waals surface area contributed by atoms with Crippen LogP contribution >= 0.6 is 23.2 Å². The highest BCUT2D eigenvalue weighted by atomic mass is 35.5. The first-order chi connectivity index (χ1) is 8.84. The van der Waals surface area contributed by atoms with Gasteiger partial charge < -0.3 is 10.1 Å². The second kappa shape index (κ2) is 5.38. The molecule has 1 atom stereocenters. The molecule has 2 nitrogen and oxygen atoms in total. The van der Waals surface area contributed by atoms with E-state index in [2.05, 4.69) is 5.32 Å². The number of ether oxygens (including phenoxy) is 1. The van der Waals surface area contributed by atoms with Crippen LogP contribution in [0.25, 0.3) is 0 Å². The largest absolute Gasteiger partial charge is 0.491 e. The highest BCUT2D eigenvalue weighted by Gasteiger charge is 2.56. The van der Waals surface area contributed by atoms with Gasteiger partial charge in [-0.1, -0.05) is 23.2 Å². The first kappa shape index (κ1) is 14.8. The van der Waals surface area contributed by atoms with Crippen molar-refractivity contribution in [1.29, 1.82) is 0 Å². The van der Waals surface area contributed by atoms with Crippen LogP contribution in [0.2, 0.25) is 10.0 Å². The highest BCUT2D eigenvalue weighted by molar-refractivity contribution is 6.34. The van der Waals surface area contributed by atoms with Crippen molar-refractivity contribution in [3.8, 4) is 5.75 Å². The molecule has 1 aromatic rings. The van der Waals surface area contributed by atoms with Gasteiger partial charge in [-0.25, -0.2) is 0 Å². The Balaban J connectivity index is 2.14. The minimum Gasteiger partial charge on any atom is -0.491 e. The molecule has 2 rings (SSSR count). The molecule has 7 heteroatoms. The molecule has 1 aromatic carbocycles. The Hall–Kier alpha value is -0.650. The minimum absolute atomic E-state index is 0.00527. The fraction of sp³-hybridized carbons (Fsp3) is 0.500. The normalized spacial score (nSPS) is 23.6. The monoisotopic (exact) mass is 313 g/mol. The maximum atomic E-state index is 13.1. The predicted molar refractivity (Wildman–Crippen MR) is 67.9 cm³/mol. The molecule has 0 saturated carbocycles. The van der Waals surface area contributed by atoms with Crippen molar-refractivity contribution in [2.45, 2.75) is 12.6 Å². The summed E-state index contributed by atoms with van der Waals surface area (Å²) in [5.74, 6) is 0.171. The van der Waals surface area contributed by atoms with Gasteiger partial charge in [0.05, 0.1) is 5.02 Å². The molecule has 1 fully saturated rings. The zero-order chi connectivity index (χ0) is 14.1. The smallest absolute Gasteiger partial charge is 0.399 e. The highest BCUT2D eigenvalue weighted by Crippen LogP contribution is 2.43. The summed E-state index contributed by atoms with van der Waals surface area (Å²) in [6.07, 6.45) is -4.32. The summed E-state index contributed by atoms with van der Waals surface area (Å²) in [7, 11) is 0. The molecule has 106 valence electrons. The summed E-state index contributed by atoms with van der Waals surface area (Å²) in [6, 6.07) is 4.45. The van der Waals surface area contributed by atoms with E-state index in [1.165, 1.54) is 12.1 Å². The van der Waals surface area contributed by atoms with Gasteiger partial charge in [0.15, 0.2) is 0 Å². The number of hydrogen-bond acceptors (Lipinski definition) is 2. The van der Waals surface area contributed by atoms with Crippen molar-refractivity contribution in [1.82, 2.24) is 5.32 Å². The predicted octanol–water partition coefficient (Wildman–Crippen LogP) is 3.91. The summed E-state index contributed by atoms with van der Waals surface area (Å²) in [5, 5.41) is 3.33. The molecular formula is C12H12Cl2F3NO. The molecule has 1 heterocycles. The Morgan fingerprint density at radius 1 is 1.32 bits per heavy atom. The van der Waals surface area contributed by atoms with Crippen molar-refractivity contribution in [3.63, 3.8) is 0 Å². The van der Waals surface area contributed by atoms with Crippen LogP contribution in [-0.2, 0) is 0 Å². The fourth-order valence-corrected chi connectivity index (χ4v) is 2.33. The van der Waals surface area contributed by atoms with Gasteiger partial charge in [0.2, 0.25) is 0 Å². The molecule has 1 unspecified atom stereocenters. The van der Waals surface area contributed by atoms with E-state index in [9.17, 15) is 13.2 Å². The van der Waals surface area contributed by atoms with Gasteiger partial charge in [0.1, 0.15) is 17.8 Å². The SMILES string of the molecule is FC(F)(F)C1(COc2cc(Cl)ccc2Cl)CCNC1. The summed E-state index contributed by atoms with van der Waals surface area (Å²) in [5.41, 5.74) is -1.86. The average molecular weight is 314 g/mol. The third kappa shape index (κ3) is 3.09. The van der Waals surface area contributed by atoms with Gasteiger partial charge in [0, 0.05) is 17.6 Å². The van der Waals surface area contributed by atoms with Crippen molar-refractivity contribution in [3.05, 3.63) is 28.2 Å². The number of hydrogen-bond donors (Lipinski definition) is 1. The minimum atomic E-state index is -4.32. The first-order valence-electron chi connectivity index (χ1n) is 5.69. The topological polar surface area (TPSA) is 21.3 Å². The molecule has 1 aliphatic heterocycles. The number of benzene rings is 1. The Bertz CT molecular complexity index is 459. The Morgan fingerprint density at radius 3 is 2.63 bits per heavy atom. The number of rotatable bonds is 3. The van der Waals surface area contributed by atoms with E-state index < -0.39 is 18.2 Å². The summed E-state index contributed by atoms with van der Waals surface area (Å²) >= 11 is 11.6. The van der Waals surface area contributed by atoms with Crippen LogP contribution in [-0.4, -0.2) is 25.9 Å². The van der Waals surface area contributed by atoms with Gasteiger partial charge in [-0.05, 0) is 25.1 Å². The van der Waals surface area contributed by atoms with E-state index in [0.29, 0.717) is 11.6 Å². The molecule has 1 N–H and O–H groups in total. The zero-order valence-electron chi connectivity index (χ0n) is 9.86. The quantitative estimate of drug-likeness (QED) is 0.913. The standard InChI is InChI=1S/C12H12Cl2F3NO/c13-8-1-2-9(14)10(5-8)19-7-11(12(15,16)17)3-4-18-6-11/h1-2,5,18H,3-4,6-7H2. The van der Waals surface area contributed by atoms with E-state index in [4.69, 9.17) is 27.9 Å². The van der Waals surface area contributed by atoms with Crippen molar-refractivity contribution in [2.24, 2.45) is 5.41 Å². The molecule has 0 amide bonds. The van der Waals surface area contributed by atoms with Crippen LogP contribution in [0.15, 0.2) is 18.2 Å². The van der Waals surface area contributed by atoms with E-state index >= 15 is 0 Å². The Labute approximate surface area is 118 Å². The van der Waals surface area contributed by atoms with E-state index in [1.54, 1.807) is 6.07 Å². The van der Waals surface area contributed by atoms with Crippen LogP contribution in [0.4, 0.5) is 13.2 Å². The second-order valence-electron chi connectivity index (χ2n) is 4.57. The molecule has 0 radical (unpaired) electrons. The second-order valence-corrected chi connectivity index (χ2v) is 5.41. The van der Waals surface area contributed by atoms with Crippen LogP contribution < -0.4 is 10.1 Å². The molecule has 0 aliphatic carbocycles. The van der Waals surface area contributed by atoms with Gasteiger partial charge >= 0.3 is 6.18 Å². The lowest BCUT2D eigenvalue weighted by molar-refractivity contribution is -0.225. The third-order valence-corrected chi connectivity index (χ3v) is 3.79. The number of alkyl halides is 3. The Morgan fingerprint density at radius 2 is 2.05 bits per heavy atom. The first-order valence-corrected chi connectivity index (χ1v) is 6.45. The molecule has 0 aromatic heterocycles. The van der Waals surface area contributed by atoms with Gasteiger partial charge in [-0.3, -0.25) is 0 Å². The fourth-order valence-electron chi connectivity index (χ4n) is 1.99. The van der Waals surface area contributed by atoms with Crippen molar-refractivity contribution >= 4 is 23.2 Å². The lowest BCUT2D eigenvalue weighted by Crippen LogP contribution is -2.44. The van der Waals surface area contributed by atoms with Crippen LogP contribution in [0.3, 0.4) is 0 Å². The Kier molecular flexibility index (Phi) is 4.18. The molecule has 1 saturated heterocycles. The molecule has 0 bridgehead atoms. The number of nitrogens with one attached hydrogen (secondary N) is 1. The summed E-state index contributed by atoms with van der Waals surface area (Å²) in [6.45, 7) is -0.287. The van der Waals surface area contributed by atoms with Crippen LogP contribution in [0, 0.1) is 5.41 Å². The van der Waals surface area contributed by atoms with Crippen molar-refractivity contribution < 1.29 is 17.9 Å². The van der Waals surface area contributed by atoms with E-state index in [1.807, 2.05) is 0 Å². The van der Waals surface area contributed by atoms with Crippen molar-refractivity contribution in [2.75, 3.05) is 19.7 Å². The molecule has 0 spiro atoms. The maximum absolute atomic E-state index is 13.1. The summed E-state index contributed by atoms with van der Waals surface area (Å²) in [4.78, 5) is 0. The number of halogens is 5. The van der Waals surface area contributed by atoms with Crippen LogP contribution in [0.1, 0.15) is 6.42 Å². The van der Waals surface area contributed by atoms with Gasteiger partial charge in [-0.2, -0.15) is 13.2 Å². The lowest BCUT2D eigenvalue weighted by Gasteiger charge is -2.30. The molecular weight excluding hydrogens is 302 g/mol. The summed E-state index contributed by atoms with van der Waals surface area (Å²) < 4.78 is 44.6. The average Bonchev–Trinajstić information content (AvgIpc) is 2.80. The third-order valence-electron chi connectivity index (χ3n) is 3.24. The lowest BCUT2D eigenvalue weighted by atomic mass is 9.87. The molecule has 1 aliphatic rings. The van der Waals surface area contributed by atoms with E-state index in [0.717, 1.165) is 0 Å². The van der Waals surface area contributed by atoms with Crippen LogP contribution in [0.5, 0.6) is 5.75 Å². The maximum Gasteiger partial charge on any atom is 0.399 e. The van der Waals surface area contributed by atoms with Gasteiger partial charge in [-0.15, -0.1) is 0 Å². The molecule has 19 heavy (non-hydrogen) atoms. The zero-order valence-corrected chi connectivity index (χ0v) is 11.4. The van der Waals surface area contributed by atoms with Gasteiger partial charge in [0.25, 0.3) is 0 Å². The van der Waals surface area contributed by atoms with E-state index in [-0.39, 0.29) is 23.7 Å².